The molecule has 1 saturated heterocycles. The summed E-state index contributed by atoms with van der Waals surface area (Å²) in [5.41, 5.74) is 3.60. The van der Waals surface area contributed by atoms with Crippen molar-refractivity contribution in [1.29, 1.82) is 0 Å². The predicted octanol–water partition coefficient (Wildman–Crippen LogP) is 2.06. The van der Waals surface area contributed by atoms with Crippen molar-refractivity contribution in [3.05, 3.63) is 53.6 Å². The summed E-state index contributed by atoms with van der Waals surface area (Å²) in [4.78, 5) is 16.8. The van der Waals surface area contributed by atoms with E-state index in [9.17, 15) is 18.3 Å². The number of ether oxygens (including phenoxy) is 1. The van der Waals surface area contributed by atoms with Crippen LogP contribution >= 0.6 is 0 Å². The molecule has 2 heterocycles. The fourth-order valence-corrected chi connectivity index (χ4v) is 5.24. The van der Waals surface area contributed by atoms with E-state index in [1.807, 2.05) is 24.3 Å². The van der Waals surface area contributed by atoms with Gasteiger partial charge in [0.2, 0.25) is 10.0 Å². The van der Waals surface area contributed by atoms with Gasteiger partial charge < -0.3 is 20.1 Å². The van der Waals surface area contributed by atoms with Crippen LogP contribution in [0.1, 0.15) is 30.0 Å². The zero-order chi connectivity index (χ0) is 25.0. The molecule has 4 rings (SSSR count). The molecule has 35 heavy (non-hydrogen) atoms. The summed E-state index contributed by atoms with van der Waals surface area (Å²) in [5.74, 6) is 0.552. The number of nitrogens with one attached hydrogen (secondary N) is 2. The molecule has 10 heteroatoms. The number of aryl methyl sites for hydroxylation is 1. The number of rotatable bonds is 9. The van der Waals surface area contributed by atoms with E-state index in [0.29, 0.717) is 30.9 Å². The molecule has 0 aromatic heterocycles. The molecule has 2 aliphatic heterocycles. The summed E-state index contributed by atoms with van der Waals surface area (Å²) in [6.45, 7) is 2.48. The number of anilines is 2. The van der Waals surface area contributed by atoms with E-state index in [1.54, 1.807) is 24.1 Å². The quantitative estimate of drug-likeness (QED) is 0.481. The second-order valence-corrected chi connectivity index (χ2v) is 11.1. The molecule has 9 nitrogen and oxygen atoms in total. The molecule has 190 valence electrons. The molecule has 2 aliphatic rings. The second-order valence-electron chi connectivity index (χ2n) is 9.33. The van der Waals surface area contributed by atoms with Crippen LogP contribution < -0.4 is 14.8 Å². The zero-order valence-electron chi connectivity index (χ0n) is 20.2. The Morgan fingerprint density at radius 1 is 1.29 bits per heavy atom. The Morgan fingerprint density at radius 2 is 2.06 bits per heavy atom. The average molecular weight is 503 g/mol. The number of nitrogens with zero attached hydrogens (tertiary/aromatic N) is 2. The van der Waals surface area contributed by atoms with Gasteiger partial charge in [-0.15, -0.1) is 0 Å². The van der Waals surface area contributed by atoms with Crippen LogP contribution in [0.15, 0.2) is 42.5 Å². The van der Waals surface area contributed by atoms with Crippen molar-refractivity contribution in [2.75, 3.05) is 56.1 Å². The normalized spacial score (nSPS) is 18.9. The van der Waals surface area contributed by atoms with Gasteiger partial charge in [0.1, 0.15) is 5.75 Å². The molecule has 0 spiro atoms. The number of hydrogen-bond donors (Lipinski definition) is 3. The van der Waals surface area contributed by atoms with E-state index >= 15 is 0 Å². The highest BCUT2D eigenvalue weighted by Gasteiger charge is 2.30. The summed E-state index contributed by atoms with van der Waals surface area (Å²) >= 11 is 0. The van der Waals surface area contributed by atoms with E-state index < -0.39 is 16.1 Å². The van der Waals surface area contributed by atoms with Crippen molar-refractivity contribution in [1.82, 2.24) is 9.80 Å². The lowest BCUT2D eigenvalue weighted by molar-refractivity contribution is -0.132. The van der Waals surface area contributed by atoms with Gasteiger partial charge in [0.15, 0.2) is 6.61 Å². The maximum Gasteiger partial charge on any atom is 0.260 e. The number of aliphatic hydroxyl groups excluding tert-OH is 1. The maximum atomic E-state index is 13.0. The lowest BCUT2D eigenvalue weighted by atomic mass is 10.0. The monoisotopic (exact) mass is 502 g/mol. The molecule has 0 saturated carbocycles. The summed E-state index contributed by atoms with van der Waals surface area (Å²) < 4.78 is 31.4. The first-order valence-electron chi connectivity index (χ1n) is 11.9. The van der Waals surface area contributed by atoms with Gasteiger partial charge in [-0.05, 0) is 48.6 Å². The predicted molar refractivity (Wildman–Crippen MR) is 136 cm³/mol. The summed E-state index contributed by atoms with van der Waals surface area (Å²) in [6.07, 6.45) is 3.46. The van der Waals surface area contributed by atoms with Crippen molar-refractivity contribution in [2.24, 2.45) is 0 Å². The number of likely N-dealkylation sites (N-methyl/N-ethyl adjacent to an activating group) is 1. The number of para-hydroxylation sites is 1. The first-order valence-corrected chi connectivity index (χ1v) is 13.8. The molecule has 2 atom stereocenters. The highest BCUT2D eigenvalue weighted by molar-refractivity contribution is 7.92. The number of likely N-dealkylation sites (tertiary alicyclic amines) is 1. The van der Waals surface area contributed by atoms with Crippen LogP contribution in [-0.4, -0.2) is 81.4 Å². The first kappa shape index (κ1) is 25.3. The molecule has 0 radical (unpaired) electrons. The highest BCUT2D eigenvalue weighted by Crippen LogP contribution is 2.32. The summed E-state index contributed by atoms with van der Waals surface area (Å²) in [5, 5.41) is 13.5. The van der Waals surface area contributed by atoms with Crippen molar-refractivity contribution in [3.63, 3.8) is 0 Å². The van der Waals surface area contributed by atoms with Gasteiger partial charge in [0.05, 0.1) is 24.1 Å². The summed E-state index contributed by atoms with van der Waals surface area (Å²) in [6, 6.07) is 12.9. The molecular formula is C25H34N4O5S. The number of carbonyl (C=O) groups is 1. The van der Waals surface area contributed by atoms with Crippen molar-refractivity contribution < 1.29 is 23.1 Å². The van der Waals surface area contributed by atoms with E-state index in [-0.39, 0.29) is 18.6 Å². The van der Waals surface area contributed by atoms with Gasteiger partial charge in [-0.3, -0.25) is 14.4 Å². The van der Waals surface area contributed by atoms with Crippen LogP contribution in [-0.2, 0) is 21.2 Å². The molecule has 1 amide bonds. The summed E-state index contributed by atoms with van der Waals surface area (Å²) in [7, 11) is -1.61. The van der Waals surface area contributed by atoms with E-state index in [2.05, 4.69) is 21.0 Å². The molecule has 2 aromatic carbocycles. The van der Waals surface area contributed by atoms with Crippen LogP contribution in [0.2, 0.25) is 0 Å². The van der Waals surface area contributed by atoms with Gasteiger partial charge >= 0.3 is 0 Å². The maximum absolute atomic E-state index is 13.0. The minimum Gasteiger partial charge on any atom is -0.482 e. The number of hydrogen-bond acceptors (Lipinski definition) is 7. The van der Waals surface area contributed by atoms with E-state index in [4.69, 9.17) is 4.74 Å². The SMILES string of the molecule is CN(C[C@@H](c1ccc(NS(C)(=O)=O)cc1)N1CC[C@H](O)C1)C(=O)COc1cccc2c1NCCC2. The Morgan fingerprint density at radius 3 is 2.74 bits per heavy atom. The third-order valence-corrected chi connectivity index (χ3v) is 7.10. The number of β-amino-alcohol motifs (C(OH)–C–C–N with tert-alkyl or cyclic N) is 1. The van der Waals surface area contributed by atoms with E-state index in [0.717, 1.165) is 43.4 Å². The Kier molecular flexibility index (Phi) is 7.83. The van der Waals surface area contributed by atoms with Crippen molar-refractivity contribution in [3.8, 4) is 5.75 Å². The smallest absolute Gasteiger partial charge is 0.260 e. The molecular weight excluding hydrogens is 468 g/mol. The van der Waals surface area contributed by atoms with Crippen molar-refractivity contribution >= 4 is 27.3 Å². The van der Waals surface area contributed by atoms with Crippen LogP contribution in [0.5, 0.6) is 5.75 Å². The number of aliphatic hydroxyl groups is 1. The Balaban J connectivity index is 1.43. The molecule has 3 N–H and O–H groups in total. The third-order valence-electron chi connectivity index (χ3n) is 6.50. The average Bonchev–Trinajstić information content (AvgIpc) is 3.26. The largest absolute Gasteiger partial charge is 0.482 e. The lowest BCUT2D eigenvalue weighted by Gasteiger charge is -2.32. The lowest BCUT2D eigenvalue weighted by Crippen LogP contribution is -2.40. The Bertz CT molecular complexity index is 1140. The standard InChI is InChI=1S/C25H34N4O5S/c1-28(24(31)17-34-23-7-3-5-19-6-4-13-26-25(19)23)16-22(29-14-12-21(30)15-29)18-8-10-20(11-9-18)27-35(2,32)33/h3,5,7-11,21-22,26-27,30H,4,6,12-17H2,1-2H3/t21-,22-/m0/s1. The number of benzene rings is 2. The molecule has 0 bridgehead atoms. The van der Waals surface area contributed by atoms with Gasteiger partial charge in [0, 0.05) is 38.9 Å². The highest BCUT2D eigenvalue weighted by atomic mass is 32.2. The molecule has 0 aliphatic carbocycles. The van der Waals surface area contributed by atoms with Crippen molar-refractivity contribution in [2.45, 2.75) is 31.4 Å². The van der Waals surface area contributed by atoms with Crippen LogP contribution in [0.3, 0.4) is 0 Å². The topological polar surface area (TPSA) is 111 Å². The minimum absolute atomic E-state index is 0.0683. The molecule has 1 fully saturated rings. The molecule has 0 unspecified atom stereocenters. The fourth-order valence-electron chi connectivity index (χ4n) is 4.68. The zero-order valence-corrected chi connectivity index (χ0v) is 21.1. The van der Waals surface area contributed by atoms with Gasteiger partial charge in [-0.1, -0.05) is 24.3 Å². The van der Waals surface area contributed by atoms with Crippen LogP contribution in [0, 0.1) is 0 Å². The first-order chi connectivity index (χ1) is 16.7. The van der Waals surface area contributed by atoms with Gasteiger partial charge in [0.25, 0.3) is 5.91 Å². The second kappa shape index (κ2) is 10.8. The number of amides is 1. The Labute approximate surface area is 207 Å². The number of sulfonamides is 1. The van der Waals surface area contributed by atoms with Crippen LogP contribution in [0.25, 0.3) is 0 Å². The van der Waals surface area contributed by atoms with Crippen LogP contribution in [0.4, 0.5) is 11.4 Å². The third kappa shape index (κ3) is 6.65. The Hall–Kier alpha value is -2.82. The number of carbonyl (C=O) groups excluding carboxylic acids is 1. The van der Waals surface area contributed by atoms with E-state index in [1.165, 1.54) is 5.56 Å². The fraction of sp³-hybridized carbons (Fsp3) is 0.480. The number of fused-ring (bicyclic) bond motifs is 1. The van der Waals surface area contributed by atoms with Gasteiger partial charge in [-0.25, -0.2) is 8.42 Å². The van der Waals surface area contributed by atoms with Gasteiger partial charge in [-0.2, -0.15) is 0 Å². The molecule has 2 aromatic rings. The minimum atomic E-state index is -3.36.